The van der Waals surface area contributed by atoms with Crippen LogP contribution in [-0.4, -0.2) is 21.6 Å². The molecule has 20 heavy (non-hydrogen) atoms. The van der Waals surface area contributed by atoms with Crippen LogP contribution in [0, 0.1) is 0 Å². The first-order valence-electron chi connectivity index (χ1n) is 6.36. The van der Waals surface area contributed by atoms with E-state index in [4.69, 9.17) is 33.5 Å². The summed E-state index contributed by atoms with van der Waals surface area (Å²) < 4.78 is 5.01. The molecule has 0 saturated heterocycles. The maximum atomic E-state index is 6.26. The molecule has 1 aromatic heterocycles. The summed E-state index contributed by atoms with van der Waals surface area (Å²) in [7, 11) is 0. The normalized spacial score (nSPS) is 15.3. The van der Waals surface area contributed by atoms with E-state index < -0.39 is 0 Å². The van der Waals surface area contributed by atoms with Gasteiger partial charge < -0.3 is 10.3 Å². The first-order chi connectivity index (χ1) is 9.65. The summed E-state index contributed by atoms with van der Waals surface area (Å²) >= 11 is 12.3. The Bertz CT molecular complexity index is 629. The van der Waals surface area contributed by atoms with Gasteiger partial charge in [-0.15, -0.1) is 0 Å². The second-order valence-corrected chi connectivity index (χ2v) is 5.64. The number of aromatic nitrogens is 2. The highest BCUT2D eigenvalue weighted by Gasteiger charge is 2.20. The van der Waals surface area contributed by atoms with E-state index in [0.717, 1.165) is 25.1 Å². The summed E-state index contributed by atoms with van der Waals surface area (Å²) in [5, 5.41) is 5.32. The summed E-state index contributed by atoms with van der Waals surface area (Å²) in [6.45, 7) is 2.57. The molecular weight excluding hydrogens is 299 g/mol. The third kappa shape index (κ3) is 2.81. The van der Waals surface area contributed by atoms with Gasteiger partial charge in [0.05, 0.1) is 13.1 Å². The fourth-order valence-corrected chi connectivity index (χ4v) is 3.01. The van der Waals surface area contributed by atoms with Crippen LogP contribution in [0.15, 0.2) is 16.7 Å². The van der Waals surface area contributed by atoms with Gasteiger partial charge in [0.15, 0.2) is 5.82 Å². The maximum absolute atomic E-state index is 6.26. The average molecular weight is 313 g/mol. The molecule has 0 spiro atoms. The molecule has 2 heterocycles. The zero-order valence-electron chi connectivity index (χ0n) is 10.8. The monoisotopic (exact) mass is 312 g/mol. The molecule has 0 bridgehead atoms. The molecule has 1 aliphatic heterocycles. The highest BCUT2D eigenvalue weighted by Crippen LogP contribution is 2.30. The molecule has 0 aliphatic carbocycles. The van der Waals surface area contributed by atoms with Crippen LogP contribution in [0.2, 0.25) is 10.0 Å². The first-order valence-corrected chi connectivity index (χ1v) is 7.12. The zero-order valence-corrected chi connectivity index (χ0v) is 12.3. The van der Waals surface area contributed by atoms with Gasteiger partial charge in [-0.2, -0.15) is 4.98 Å². The van der Waals surface area contributed by atoms with Crippen molar-refractivity contribution < 1.29 is 4.52 Å². The van der Waals surface area contributed by atoms with Gasteiger partial charge in [0.1, 0.15) is 0 Å². The molecule has 106 valence electrons. The summed E-state index contributed by atoms with van der Waals surface area (Å²) in [5.74, 6) is 1.11. The van der Waals surface area contributed by atoms with Gasteiger partial charge in [-0.3, -0.25) is 4.90 Å². The van der Waals surface area contributed by atoms with E-state index in [1.54, 1.807) is 6.07 Å². The molecule has 7 heteroatoms. The number of hydrogen-bond acceptors (Lipinski definition) is 5. The van der Waals surface area contributed by atoms with Crippen molar-refractivity contribution in [2.75, 3.05) is 6.54 Å². The number of nitrogens with zero attached hydrogens (tertiary/aromatic N) is 3. The Labute approximate surface area is 126 Å². The second kappa shape index (κ2) is 5.69. The topological polar surface area (TPSA) is 68.2 Å². The third-order valence-electron chi connectivity index (χ3n) is 3.38. The lowest BCUT2D eigenvalue weighted by atomic mass is 10.00. The minimum atomic E-state index is 0.264. The number of nitrogens with two attached hydrogens (primary N) is 1. The Kier molecular flexibility index (Phi) is 3.94. The standard InChI is InChI=1S/C13H14Cl2N4O/c14-9-3-8-1-2-19(6-10(8)11(15)4-9)7-12-17-13(5-16)20-18-12/h3-4H,1-2,5-7,16H2. The van der Waals surface area contributed by atoms with E-state index in [9.17, 15) is 0 Å². The zero-order chi connectivity index (χ0) is 14.1. The SMILES string of the molecule is NCc1nc(CN2CCc3cc(Cl)cc(Cl)c3C2)no1. The summed E-state index contributed by atoms with van der Waals surface area (Å²) in [4.78, 5) is 6.45. The van der Waals surface area contributed by atoms with Crippen LogP contribution < -0.4 is 5.73 Å². The molecule has 3 rings (SSSR count). The van der Waals surface area contributed by atoms with Crippen LogP contribution in [0.5, 0.6) is 0 Å². The van der Waals surface area contributed by atoms with Crippen LogP contribution in [0.3, 0.4) is 0 Å². The number of rotatable bonds is 3. The minimum Gasteiger partial charge on any atom is -0.338 e. The molecule has 2 N–H and O–H groups in total. The molecule has 0 saturated carbocycles. The van der Waals surface area contributed by atoms with Crippen LogP contribution in [-0.2, 0) is 26.1 Å². The minimum absolute atomic E-state index is 0.264. The number of hydrogen-bond donors (Lipinski definition) is 1. The lowest BCUT2D eigenvalue weighted by Gasteiger charge is -2.28. The highest BCUT2D eigenvalue weighted by molar-refractivity contribution is 6.35. The number of benzene rings is 1. The van der Waals surface area contributed by atoms with Gasteiger partial charge in [-0.1, -0.05) is 28.4 Å². The lowest BCUT2D eigenvalue weighted by molar-refractivity contribution is 0.235. The molecule has 0 fully saturated rings. The van der Waals surface area contributed by atoms with E-state index in [0.29, 0.717) is 28.3 Å². The van der Waals surface area contributed by atoms with Crippen LogP contribution in [0.1, 0.15) is 22.8 Å². The maximum Gasteiger partial charge on any atom is 0.240 e. The van der Waals surface area contributed by atoms with E-state index in [1.165, 1.54) is 5.56 Å². The number of fused-ring (bicyclic) bond motifs is 1. The predicted octanol–water partition coefficient (Wildman–Crippen LogP) is 2.39. The Balaban J connectivity index is 1.75. The Morgan fingerprint density at radius 3 is 2.95 bits per heavy atom. The molecular formula is C13H14Cl2N4O. The summed E-state index contributed by atoms with van der Waals surface area (Å²) in [6, 6.07) is 3.77. The van der Waals surface area contributed by atoms with Crippen molar-refractivity contribution in [1.29, 1.82) is 0 Å². The lowest BCUT2D eigenvalue weighted by Crippen LogP contribution is -2.30. The molecule has 1 aromatic carbocycles. The Morgan fingerprint density at radius 2 is 2.20 bits per heavy atom. The van der Waals surface area contributed by atoms with E-state index >= 15 is 0 Å². The van der Waals surface area contributed by atoms with E-state index in [2.05, 4.69) is 15.0 Å². The molecule has 0 unspecified atom stereocenters. The van der Waals surface area contributed by atoms with Crippen molar-refractivity contribution in [3.05, 3.63) is 45.0 Å². The van der Waals surface area contributed by atoms with Crippen molar-refractivity contribution >= 4 is 23.2 Å². The van der Waals surface area contributed by atoms with Gasteiger partial charge in [0.25, 0.3) is 0 Å². The molecule has 1 aliphatic rings. The molecule has 0 amide bonds. The molecule has 0 radical (unpaired) electrons. The first kappa shape index (κ1) is 13.8. The molecule has 5 nitrogen and oxygen atoms in total. The van der Waals surface area contributed by atoms with Crippen LogP contribution >= 0.6 is 23.2 Å². The fraction of sp³-hybridized carbons (Fsp3) is 0.385. The van der Waals surface area contributed by atoms with Gasteiger partial charge in [0, 0.05) is 23.1 Å². The smallest absolute Gasteiger partial charge is 0.240 e. The highest BCUT2D eigenvalue weighted by atomic mass is 35.5. The Morgan fingerprint density at radius 1 is 1.35 bits per heavy atom. The van der Waals surface area contributed by atoms with Gasteiger partial charge in [-0.25, -0.2) is 0 Å². The van der Waals surface area contributed by atoms with Crippen molar-refractivity contribution in [3.63, 3.8) is 0 Å². The molecule has 2 aromatic rings. The van der Waals surface area contributed by atoms with E-state index in [-0.39, 0.29) is 6.54 Å². The van der Waals surface area contributed by atoms with E-state index in [1.807, 2.05) is 6.07 Å². The van der Waals surface area contributed by atoms with Crippen molar-refractivity contribution in [2.24, 2.45) is 5.73 Å². The predicted molar refractivity (Wildman–Crippen MR) is 76.5 cm³/mol. The van der Waals surface area contributed by atoms with Crippen molar-refractivity contribution in [1.82, 2.24) is 15.0 Å². The van der Waals surface area contributed by atoms with Gasteiger partial charge in [0.2, 0.25) is 5.89 Å². The third-order valence-corrected chi connectivity index (χ3v) is 3.94. The number of halogens is 2. The Hall–Kier alpha value is -1.14. The van der Waals surface area contributed by atoms with Crippen LogP contribution in [0.4, 0.5) is 0 Å². The largest absolute Gasteiger partial charge is 0.338 e. The molecule has 0 atom stereocenters. The fourth-order valence-electron chi connectivity index (χ4n) is 2.41. The average Bonchev–Trinajstić information content (AvgIpc) is 2.87. The second-order valence-electron chi connectivity index (χ2n) is 4.79. The van der Waals surface area contributed by atoms with Crippen LogP contribution in [0.25, 0.3) is 0 Å². The quantitative estimate of drug-likeness (QED) is 0.942. The van der Waals surface area contributed by atoms with Crippen molar-refractivity contribution in [2.45, 2.75) is 26.1 Å². The summed E-state index contributed by atoms with van der Waals surface area (Å²) in [6.07, 6.45) is 0.914. The van der Waals surface area contributed by atoms with Crippen molar-refractivity contribution in [3.8, 4) is 0 Å². The summed E-state index contributed by atoms with van der Waals surface area (Å²) in [5.41, 5.74) is 7.80. The van der Waals surface area contributed by atoms with Gasteiger partial charge in [-0.05, 0) is 29.7 Å². The van der Waals surface area contributed by atoms with Gasteiger partial charge >= 0.3 is 0 Å².